The summed E-state index contributed by atoms with van der Waals surface area (Å²) in [6.07, 6.45) is 1.35. The zero-order valence-corrected chi connectivity index (χ0v) is 21.2. The number of benzene rings is 1. The lowest BCUT2D eigenvalue weighted by Crippen LogP contribution is -2.48. The van der Waals surface area contributed by atoms with Crippen molar-refractivity contribution < 1.29 is 24.5 Å². The van der Waals surface area contributed by atoms with E-state index in [4.69, 9.17) is 16.3 Å². The molecular formula is C26H29ClN4O5. The predicted octanol–water partition coefficient (Wildman–Crippen LogP) is 3.90. The fourth-order valence-electron chi connectivity index (χ4n) is 5.14. The minimum absolute atomic E-state index is 0.228. The number of nitrogens with one attached hydrogen (secondary N) is 1. The van der Waals surface area contributed by atoms with E-state index in [1.807, 2.05) is 19.1 Å². The van der Waals surface area contributed by atoms with Crippen LogP contribution in [0.15, 0.2) is 24.4 Å². The second-order valence-corrected chi connectivity index (χ2v) is 10.4. The number of aliphatic hydroxyl groups is 1. The van der Waals surface area contributed by atoms with Crippen LogP contribution in [-0.4, -0.2) is 73.9 Å². The number of hydrogen-bond donors (Lipinski definition) is 3. The van der Waals surface area contributed by atoms with Gasteiger partial charge in [-0.3, -0.25) is 9.69 Å². The van der Waals surface area contributed by atoms with E-state index in [1.54, 1.807) is 11.1 Å². The van der Waals surface area contributed by atoms with E-state index in [2.05, 4.69) is 16.0 Å². The molecule has 0 unspecified atom stereocenters. The highest BCUT2D eigenvalue weighted by Gasteiger charge is 2.36. The number of halogens is 1. The van der Waals surface area contributed by atoms with Gasteiger partial charge in [0.1, 0.15) is 16.4 Å². The van der Waals surface area contributed by atoms with Gasteiger partial charge in [-0.15, -0.1) is 0 Å². The average molecular weight is 513 g/mol. The Bertz CT molecular complexity index is 1360. The number of carbonyl (C=O) groups excluding carboxylic acids is 1. The molecule has 0 aliphatic carbocycles. The van der Waals surface area contributed by atoms with E-state index in [9.17, 15) is 19.8 Å². The van der Waals surface area contributed by atoms with Gasteiger partial charge in [0.05, 0.1) is 19.3 Å². The molecule has 0 saturated carbocycles. The van der Waals surface area contributed by atoms with E-state index in [0.29, 0.717) is 36.9 Å². The fourth-order valence-corrected chi connectivity index (χ4v) is 5.33. The molecule has 2 amide bonds. The van der Waals surface area contributed by atoms with Crippen molar-refractivity contribution in [2.45, 2.75) is 45.4 Å². The molecular weight excluding hydrogens is 484 g/mol. The molecule has 4 heterocycles. The lowest BCUT2D eigenvalue weighted by molar-refractivity contribution is -0.148. The van der Waals surface area contributed by atoms with Crippen LogP contribution in [0.3, 0.4) is 0 Å². The summed E-state index contributed by atoms with van der Waals surface area (Å²) < 4.78 is 5.70. The van der Waals surface area contributed by atoms with E-state index in [1.165, 1.54) is 18.7 Å². The lowest BCUT2D eigenvalue weighted by atomic mass is 9.86. The van der Waals surface area contributed by atoms with Gasteiger partial charge >= 0.3 is 6.09 Å². The Morgan fingerprint density at radius 1 is 1.22 bits per heavy atom. The summed E-state index contributed by atoms with van der Waals surface area (Å²) >= 11 is 6.27. The van der Waals surface area contributed by atoms with Crippen LogP contribution < -0.4 is 0 Å². The number of aromatic amines is 1. The van der Waals surface area contributed by atoms with E-state index in [-0.39, 0.29) is 19.1 Å². The van der Waals surface area contributed by atoms with Crippen LogP contribution in [0.1, 0.15) is 42.1 Å². The summed E-state index contributed by atoms with van der Waals surface area (Å²) in [6, 6.07) is 5.59. The third kappa shape index (κ3) is 4.31. The minimum atomic E-state index is -1.49. The van der Waals surface area contributed by atoms with Crippen LogP contribution in [0.2, 0.25) is 5.15 Å². The fraction of sp³-hybridized carbons (Fsp3) is 0.423. The van der Waals surface area contributed by atoms with Crippen molar-refractivity contribution in [2.75, 3.05) is 26.3 Å². The largest absolute Gasteiger partial charge is 0.465 e. The Morgan fingerprint density at radius 2 is 2.00 bits per heavy atom. The van der Waals surface area contributed by atoms with E-state index in [0.717, 1.165) is 38.8 Å². The standard InChI is InChI=1S/C26H29ClN4O5/c1-14-18-10-17(11-28-23(18)29-22(14)27)16-8-15-4-5-30(24(32)26(2,3)35)12-20(15)19(9-16)21-13-36-7-6-31(21)25(33)34/h8-11,21,35H,4-7,12-13H2,1-3H3,(H,28,29)(H,33,34)/t21-/m0/s1. The number of fused-ring (bicyclic) bond motifs is 2. The Hall–Kier alpha value is -3.14. The molecule has 3 N–H and O–H groups in total. The first-order valence-electron chi connectivity index (χ1n) is 11.9. The van der Waals surface area contributed by atoms with Gasteiger partial charge < -0.3 is 24.8 Å². The first-order valence-corrected chi connectivity index (χ1v) is 12.3. The first-order chi connectivity index (χ1) is 17.0. The number of H-pyrrole nitrogens is 1. The molecule has 36 heavy (non-hydrogen) atoms. The number of ether oxygens (including phenoxy) is 1. The topological polar surface area (TPSA) is 119 Å². The van der Waals surface area contributed by atoms with Crippen LogP contribution >= 0.6 is 11.6 Å². The van der Waals surface area contributed by atoms with E-state index >= 15 is 0 Å². The highest BCUT2D eigenvalue weighted by atomic mass is 35.5. The second kappa shape index (κ2) is 9.06. The maximum Gasteiger partial charge on any atom is 0.407 e. The number of aryl methyl sites for hydroxylation is 1. The van der Waals surface area contributed by atoms with Crippen molar-refractivity contribution in [1.82, 2.24) is 19.8 Å². The molecule has 10 heteroatoms. The number of hydrogen-bond acceptors (Lipinski definition) is 5. The van der Waals surface area contributed by atoms with Gasteiger partial charge in [-0.1, -0.05) is 17.7 Å². The molecule has 3 aromatic rings. The zero-order valence-electron chi connectivity index (χ0n) is 20.5. The number of nitrogens with zero attached hydrogens (tertiary/aromatic N) is 3. The molecule has 0 radical (unpaired) electrons. The van der Waals surface area contributed by atoms with Crippen LogP contribution in [0, 0.1) is 6.92 Å². The third-order valence-corrected chi connectivity index (χ3v) is 7.48. The van der Waals surface area contributed by atoms with Crippen LogP contribution in [0.25, 0.3) is 22.2 Å². The molecule has 2 aliphatic heterocycles. The molecule has 1 fully saturated rings. The van der Waals surface area contributed by atoms with Crippen molar-refractivity contribution in [1.29, 1.82) is 0 Å². The Balaban J connectivity index is 1.64. The number of carbonyl (C=O) groups is 2. The summed E-state index contributed by atoms with van der Waals surface area (Å²) in [5.41, 5.74) is 4.68. The van der Waals surface area contributed by atoms with Gasteiger partial charge in [0, 0.05) is 36.8 Å². The maximum atomic E-state index is 12.9. The molecule has 190 valence electrons. The summed E-state index contributed by atoms with van der Waals surface area (Å²) in [4.78, 5) is 35.6. The number of pyridine rings is 1. The Labute approximate surface area is 213 Å². The van der Waals surface area contributed by atoms with E-state index < -0.39 is 17.7 Å². The van der Waals surface area contributed by atoms with Crippen LogP contribution in [-0.2, 0) is 22.5 Å². The number of rotatable bonds is 3. The monoisotopic (exact) mass is 512 g/mol. The average Bonchev–Trinajstić information content (AvgIpc) is 3.14. The molecule has 1 atom stereocenters. The summed E-state index contributed by atoms with van der Waals surface area (Å²) in [6.45, 7) is 6.48. The smallest absolute Gasteiger partial charge is 0.407 e. The van der Waals surface area contributed by atoms with Gasteiger partial charge in [-0.2, -0.15) is 0 Å². The molecule has 9 nitrogen and oxygen atoms in total. The molecule has 2 aliphatic rings. The van der Waals surface area contributed by atoms with Crippen molar-refractivity contribution >= 4 is 34.6 Å². The number of carboxylic acid groups (broad SMARTS) is 1. The molecule has 1 aromatic carbocycles. The maximum absolute atomic E-state index is 12.9. The van der Waals surface area contributed by atoms with Crippen LogP contribution in [0.4, 0.5) is 4.79 Å². The quantitative estimate of drug-likeness (QED) is 0.489. The second-order valence-electron chi connectivity index (χ2n) is 9.99. The molecule has 0 spiro atoms. The zero-order chi connectivity index (χ0) is 25.8. The highest BCUT2D eigenvalue weighted by molar-refractivity contribution is 6.31. The van der Waals surface area contributed by atoms with Gasteiger partial charge in [-0.25, -0.2) is 9.78 Å². The van der Waals surface area contributed by atoms with Gasteiger partial charge in [0.2, 0.25) is 0 Å². The van der Waals surface area contributed by atoms with Crippen molar-refractivity contribution in [3.05, 3.63) is 51.8 Å². The molecule has 1 saturated heterocycles. The highest BCUT2D eigenvalue weighted by Crippen LogP contribution is 2.37. The number of amides is 2. The Kier molecular flexibility index (Phi) is 6.18. The van der Waals surface area contributed by atoms with Gasteiger partial charge in [0.15, 0.2) is 0 Å². The van der Waals surface area contributed by atoms with Crippen LogP contribution in [0.5, 0.6) is 0 Å². The van der Waals surface area contributed by atoms with Crippen molar-refractivity contribution in [2.24, 2.45) is 0 Å². The first kappa shape index (κ1) is 24.5. The normalized spacial score (nSPS) is 18.4. The number of morpholine rings is 1. The summed E-state index contributed by atoms with van der Waals surface area (Å²) in [7, 11) is 0. The van der Waals surface area contributed by atoms with Crippen molar-refractivity contribution in [3.8, 4) is 11.1 Å². The summed E-state index contributed by atoms with van der Waals surface area (Å²) in [5, 5.41) is 21.7. The molecule has 5 rings (SSSR count). The lowest BCUT2D eigenvalue weighted by Gasteiger charge is -2.39. The van der Waals surface area contributed by atoms with Gasteiger partial charge in [-0.05, 0) is 67.1 Å². The Morgan fingerprint density at radius 3 is 2.72 bits per heavy atom. The van der Waals surface area contributed by atoms with Gasteiger partial charge in [0.25, 0.3) is 5.91 Å². The molecule has 2 aromatic heterocycles. The number of aromatic nitrogens is 2. The predicted molar refractivity (Wildman–Crippen MR) is 135 cm³/mol. The minimum Gasteiger partial charge on any atom is -0.465 e. The molecule has 0 bridgehead atoms. The summed E-state index contributed by atoms with van der Waals surface area (Å²) in [5.74, 6) is -0.354. The third-order valence-electron chi connectivity index (χ3n) is 7.10. The SMILES string of the molecule is Cc1c(Cl)[nH]c2ncc(-c3cc4c(c([C@@H]5COCCN5C(=O)O)c3)CN(C(=O)C(C)(C)O)CC4)cc12. The van der Waals surface area contributed by atoms with Crippen molar-refractivity contribution in [3.63, 3.8) is 0 Å².